The molecule has 1 fully saturated rings. The summed E-state index contributed by atoms with van der Waals surface area (Å²) in [5, 5.41) is 3.38. The van der Waals surface area contributed by atoms with Crippen LogP contribution in [0, 0.1) is 0 Å². The van der Waals surface area contributed by atoms with Gasteiger partial charge in [-0.05, 0) is 62.8 Å². The third kappa shape index (κ3) is 7.09. The molecule has 2 amide bonds. The predicted molar refractivity (Wildman–Crippen MR) is 140 cm³/mol. The number of pyridine rings is 2. The van der Waals surface area contributed by atoms with Gasteiger partial charge in [-0.1, -0.05) is 12.1 Å². The van der Waals surface area contributed by atoms with Crippen molar-refractivity contribution in [2.75, 3.05) is 51.3 Å². The Bertz CT molecular complexity index is 1050. The number of aryl methyl sites for hydroxylation is 2. The summed E-state index contributed by atoms with van der Waals surface area (Å²) >= 11 is 0. The average molecular weight is 511 g/mol. The number of nitrogens with zero attached hydrogens (tertiary/aromatic N) is 4. The van der Waals surface area contributed by atoms with Crippen LogP contribution in [0.2, 0.25) is 0 Å². The second kappa shape index (κ2) is 13.2. The van der Waals surface area contributed by atoms with Crippen molar-refractivity contribution in [3.05, 3.63) is 47.3 Å². The molecule has 2 aliphatic heterocycles. The number of esters is 1. The van der Waals surface area contributed by atoms with E-state index in [9.17, 15) is 9.59 Å². The topological polar surface area (TPSA) is 123 Å². The summed E-state index contributed by atoms with van der Waals surface area (Å²) in [5.41, 5.74) is 8.61. The lowest BCUT2D eigenvalue weighted by atomic mass is 10.0. The first-order valence-electron chi connectivity index (χ1n) is 13.3. The van der Waals surface area contributed by atoms with Gasteiger partial charge in [0.25, 0.3) is 0 Å². The van der Waals surface area contributed by atoms with Crippen molar-refractivity contribution < 1.29 is 19.1 Å². The van der Waals surface area contributed by atoms with Crippen molar-refractivity contribution in [2.24, 2.45) is 5.73 Å². The zero-order chi connectivity index (χ0) is 26.0. The highest BCUT2D eigenvalue weighted by molar-refractivity contribution is 5.78. The fourth-order valence-corrected chi connectivity index (χ4v) is 4.78. The number of anilines is 1. The number of carbonyl (C=O) groups excluding carboxylic acids is 2. The van der Waals surface area contributed by atoms with Crippen LogP contribution in [-0.2, 0) is 22.4 Å². The maximum absolute atomic E-state index is 13.4. The maximum atomic E-state index is 13.4. The highest BCUT2D eigenvalue weighted by Gasteiger charge is 2.35. The molecule has 2 aromatic heterocycles. The van der Waals surface area contributed by atoms with Crippen molar-refractivity contribution >= 4 is 17.8 Å². The molecule has 1 saturated heterocycles. The molecule has 0 spiro atoms. The SMILES string of the molecule is CCOC(=O)C[C@@H](c1ccc(OCCCN)nc1)N1CCN(CCCc2ccc3c(n2)NCCC3)C1=O. The molecule has 10 nitrogen and oxygen atoms in total. The van der Waals surface area contributed by atoms with Crippen molar-refractivity contribution in [3.8, 4) is 5.88 Å². The molecule has 2 aromatic rings. The number of fused-ring (bicyclic) bond motifs is 1. The van der Waals surface area contributed by atoms with Crippen LogP contribution >= 0.6 is 0 Å². The number of hydrogen-bond acceptors (Lipinski definition) is 8. The van der Waals surface area contributed by atoms with Gasteiger partial charge in [0.2, 0.25) is 5.88 Å². The molecule has 2 aliphatic rings. The van der Waals surface area contributed by atoms with E-state index in [4.69, 9.17) is 20.2 Å². The van der Waals surface area contributed by atoms with Gasteiger partial charge in [0.15, 0.2) is 0 Å². The number of hydrogen-bond donors (Lipinski definition) is 2. The minimum atomic E-state index is -0.449. The first-order chi connectivity index (χ1) is 18.1. The highest BCUT2D eigenvalue weighted by atomic mass is 16.5. The fraction of sp³-hybridized carbons (Fsp3) is 0.556. The van der Waals surface area contributed by atoms with E-state index in [1.807, 2.05) is 11.0 Å². The van der Waals surface area contributed by atoms with Gasteiger partial charge in [0, 0.05) is 44.1 Å². The Morgan fingerprint density at radius 3 is 2.89 bits per heavy atom. The minimum Gasteiger partial charge on any atom is -0.478 e. The van der Waals surface area contributed by atoms with E-state index in [2.05, 4.69) is 22.4 Å². The Balaban J connectivity index is 1.37. The van der Waals surface area contributed by atoms with Crippen LogP contribution in [0.1, 0.15) is 55.5 Å². The Morgan fingerprint density at radius 1 is 1.22 bits per heavy atom. The summed E-state index contributed by atoms with van der Waals surface area (Å²) in [6.45, 7) is 5.88. The van der Waals surface area contributed by atoms with Crippen LogP contribution in [0.15, 0.2) is 30.5 Å². The molecular formula is C27H38N6O4. The summed E-state index contributed by atoms with van der Waals surface area (Å²) in [6, 6.07) is 7.36. The Hall–Kier alpha value is -3.40. The molecule has 1 atom stereocenters. The Kier molecular flexibility index (Phi) is 9.53. The van der Waals surface area contributed by atoms with Crippen molar-refractivity contribution in [1.82, 2.24) is 19.8 Å². The summed E-state index contributed by atoms with van der Waals surface area (Å²) in [6.07, 6.45) is 6.33. The summed E-state index contributed by atoms with van der Waals surface area (Å²) in [7, 11) is 0. The number of carbonyl (C=O) groups is 2. The van der Waals surface area contributed by atoms with Crippen LogP contribution in [-0.4, -0.2) is 77.7 Å². The standard InChI is InChI=1S/C27H38N6O4/c1-2-36-25(34)18-23(21-9-11-24(30-19-21)37-17-5-12-28)33-16-15-32(27(33)35)14-4-7-22-10-8-20-6-3-13-29-26(20)31-22/h8-11,19,23H,2-7,12-18,28H2,1H3,(H,29,31)/t23-/m0/s1. The number of rotatable bonds is 13. The van der Waals surface area contributed by atoms with Crippen LogP contribution in [0.5, 0.6) is 5.88 Å². The van der Waals surface area contributed by atoms with E-state index in [0.717, 1.165) is 55.7 Å². The van der Waals surface area contributed by atoms with Crippen molar-refractivity contribution in [3.63, 3.8) is 0 Å². The Labute approximate surface area is 218 Å². The van der Waals surface area contributed by atoms with Crippen LogP contribution in [0.3, 0.4) is 0 Å². The minimum absolute atomic E-state index is 0.0716. The molecule has 4 heterocycles. The fourth-order valence-electron chi connectivity index (χ4n) is 4.78. The quantitative estimate of drug-likeness (QED) is 0.312. The lowest BCUT2D eigenvalue weighted by molar-refractivity contribution is -0.144. The van der Waals surface area contributed by atoms with Gasteiger partial charge in [-0.3, -0.25) is 4.79 Å². The van der Waals surface area contributed by atoms with Gasteiger partial charge in [-0.15, -0.1) is 0 Å². The summed E-state index contributed by atoms with van der Waals surface area (Å²) < 4.78 is 10.8. The molecule has 0 unspecified atom stereocenters. The van der Waals surface area contributed by atoms with E-state index < -0.39 is 6.04 Å². The molecule has 37 heavy (non-hydrogen) atoms. The number of aromatic nitrogens is 2. The van der Waals surface area contributed by atoms with Crippen molar-refractivity contribution in [2.45, 2.75) is 51.5 Å². The highest BCUT2D eigenvalue weighted by Crippen LogP contribution is 2.29. The Morgan fingerprint density at radius 2 is 2.11 bits per heavy atom. The molecule has 0 aromatic carbocycles. The molecule has 0 bridgehead atoms. The number of urea groups is 1. The smallest absolute Gasteiger partial charge is 0.320 e. The van der Waals surface area contributed by atoms with Crippen LogP contribution < -0.4 is 15.8 Å². The first kappa shape index (κ1) is 26.7. The van der Waals surface area contributed by atoms with Gasteiger partial charge < -0.3 is 30.3 Å². The molecule has 0 aliphatic carbocycles. The lowest BCUT2D eigenvalue weighted by Gasteiger charge is -2.27. The molecule has 3 N–H and O–H groups in total. The molecule has 0 radical (unpaired) electrons. The lowest BCUT2D eigenvalue weighted by Crippen LogP contribution is -2.36. The number of nitrogens with one attached hydrogen (secondary N) is 1. The van der Waals surface area contributed by atoms with E-state index in [-0.39, 0.29) is 18.4 Å². The van der Waals surface area contributed by atoms with Gasteiger partial charge in [-0.2, -0.15) is 0 Å². The van der Waals surface area contributed by atoms with Crippen molar-refractivity contribution in [1.29, 1.82) is 0 Å². The monoisotopic (exact) mass is 510 g/mol. The van der Waals surface area contributed by atoms with E-state index in [1.54, 1.807) is 24.1 Å². The second-order valence-electron chi connectivity index (χ2n) is 9.35. The zero-order valence-corrected chi connectivity index (χ0v) is 21.7. The number of amides is 2. The maximum Gasteiger partial charge on any atom is 0.320 e. The van der Waals surface area contributed by atoms with E-state index >= 15 is 0 Å². The summed E-state index contributed by atoms with van der Waals surface area (Å²) in [4.78, 5) is 38.5. The third-order valence-electron chi connectivity index (χ3n) is 6.72. The normalized spacial score (nSPS) is 15.8. The van der Waals surface area contributed by atoms with E-state index in [0.29, 0.717) is 45.3 Å². The van der Waals surface area contributed by atoms with Gasteiger partial charge in [0.1, 0.15) is 5.82 Å². The third-order valence-corrected chi connectivity index (χ3v) is 6.72. The van der Waals surface area contributed by atoms with Crippen LogP contribution in [0.4, 0.5) is 10.6 Å². The molecule has 4 rings (SSSR count). The second-order valence-corrected chi connectivity index (χ2v) is 9.35. The van der Waals surface area contributed by atoms with Gasteiger partial charge in [0.05, 0.1) is 25.7 Å². The first-order valence-corrected chi connectivity index (χ1v) is 13.3. The zero-order valence-electron chi connectivity index (χ0n) is 21.7. The molecule has 0 saturated carbocycles. The number of ether oxygens (including phenoxy) is 2. The van der Waals surface area contributed by atoms with Gasteiger partial charge in [-0.25, -0.2) is 14.8 Å². The predicted octanol–water partition coefficient (Wildman–Crippen LogP) is 2.93. The van der Waals surface area contributed by atoms with E-state index in [1.165, 1.54) is 5.56 Å². The average Bonchev–Trinajstić information content (AvgIpc) is 3.28. The van der Waals surface area contributed by atoms with Crippen LogP contribution in [0.25, 0.3) is 0 Å². The molecule has 200 valence electrons. The number of nitrogens with two attached hydrogens (primary N) is 1. The molecular weight excluding hydrogens is 472 g/mol. The van der Waals surface area contributed by atoms with Gasteiger partial charge >= 0.3 is 12.0 Å². The summed E-state index contributed by atoms with van der Waals surface area (Å²) in [5.74, 6) is 1.15. The molecule has 10 heteroatoms. The largest absolute Gasteiger partial charge is 0.478 e.